The minimum absolute atomic E-state index is 0.0695. The quantitative estimate of drug-likeness (QED) is 0.692. The second kappa shape index (κ2) is 9.93. The third kappa shape index (κ3) is 6.05. The molecular weight excluding hydrogens is 409 g/mol. The fraction of sp³-hybridized carbons (Fsp3) is 0.524. The largest absolute Gasteiger partial charge is 0.416 e. The summed E-state index contributed by atoms with van der Waals surface area (Å²) in [6.07, 6.45) is -1.86. The number of hydrogen-bond acceptors (Lipinski definition) is 6. The highest BCUT2D eigenvalue weighted by molar-refractivity contribution is 5.76. The normalized spacial score (nSPS) is 15.1. The Kier molecular flexibility index (Phi) is 7.29. The fourth-order valence-electron chi connectivity index (χ4n) is 3.63. The second-order valence-electron chi connectivity index (χ2n) is 7.54. The summed E-state index contributed by atoms with van der Waals surface area (Å²) in [4.78, 5) is 27.6. The van der Waals surface area contributed by atoms with Gasteiger partial charge in [0.15, 0.2) is 0 Å². The molecule has 1 aliphatic heterocycles. The molecule has 2 aromatic rings. The van der Waals surface area contributed by atoms with Gasteiger partial charge in [-0.05, 0) is 30.4 Å². The Morgan fingerprint density at radius 1 is 1.16 bits per heavy atom. The molecule has 2 heterocycles. The number of carbonyl (C=O) groups excluding carboxylic acids is 1. The first-order valence-corrected chi connectivity index (χ1v) is 10.4. The van der Waals surface area contributed by atoms with Crippen LogP contribution in [0.5, 0.6) is 0 Å². The van der Waals surface area contributed by atoms with Crippen molar-refractivity contribution >= 4 is 17.8 Å². The number of nitrogens with zero attached hydrogens (tertiary/aromatic N) is 4. The van der Waals surface area contributed by atoms with Gasteiger partial charge in [-0.25, -0.2) is 0 Å². The Morgan fingerprint density at radius 2 is 1.87 bits per heavy atom. The molecule has 31 heavy (non-hydrogen) atoms. The number of benzene rings is 1. The molecule has 0 saturated carbocycles. The van der Waals surface area contributed by atoms with Gasteiger partial charge in [-0.15, -0.1) is 0 Å². The van der Waals surface area contributed by atoms with E-state index in [0.717, 1.165) is 24.7 Å². The predicted molar refractivity (Wildman–Crippen MR) is 112 cm³/mol. The van der Waals surface area contributed by atoms with Crippen molar-refractivity contribution in [3.8, 4) is 0 Å². The average Bonchev–Trinajstić information content (AvgIpc) is 2.77. The smallest absolute Gasteiger partial charge is 0.357 e. The number of carbonyl (C=O) groups is 1. The van der Waals surface area contributed by atoms with Crippen molar-refractivity contribution < 1.29 is 18.0 Å². The van der Waals surface area contributed by atoms with Crippen molar-refractivity contribution in [2.75, 3.05) is 30.4 Å². The maximum Gasteiger partial charge on any atom is 0.416 e. The van der Waals surface area contributed by atoms with E-state index in [1.807, 2.05) is 6.92 Å². The second-order valence-corrected chi connectivity index (χ2v) is 7.54. The van der Waals surface area contributed by atoms with Crippen molar-refractivity contribution in [2.45, 2.75) is 45.3 Å². The number of hydrogen-bond donors (Lipinski definition) is 2. The zero-order valence-electron chi connectivity index (χ0n) is 17.7. The van der Waals surface area contributed by atoms with Gasteiger partial charge in [0.2, 0.25) is 17.8 Å². The number of aromatic nitrogens is 3. The van der Waals surface area contributed by atoms with Gasteiger partial charge < -0.3 is 15.5 Å². The molecule has 1 fully saturated rings. The summed E-state index contributed by atoms with van der Waals surface area (Å²) >= 11 is 0. The lowest BCUT2D eigenvalue weighted by molar-refractivity contribution is -0.138. The highest BCUT2D eigenvalue weighted by Crippen LogP contribution is 2.32. The van der Waals surface area contributed by atoms with E-state index in [2.05, 4.69) is 30.5 Å². The summed E-state index contributed by atoms with van der Waals surface area (Å²) in [7, 11) is 1.76. The Balaban J connectivity index is 1.51. The molecule has 1 aromatic carbocycles. The minimum atomic E-state index is -4.44. The fourth-order valence-corrected chi connectivity index (χ4v) is 3.63. The number of rotatable bonds is 7. The van der Waals surface area contributed by atoms with E-state index in [1.54, 1.807) is 7.05 Å². The molecule has 3 rings (SSSR count). The maximum atomic E-state index is 13.1. The lowest BCUT2D eigenvalue weighted by atomic mass is 9.93. The number of halogens is 3. The van der Waals surface area contributed by atoms with Crippen LogP contribution >= 0.6 is 0 Å². The molecular formula is C21H27F3N6O. The van der Waals surface area contributed by atoms with E-state index in [9.17, 15) is 18.0 Å². The first-order chi connectivity index (χ1) is 14.8. The Hall–Kier alpha value is -2.91. The van der Waals surface area contributed by atoms with Gasteiger partial charge in [0.25, 0.3) is 0 Å². The summed E-state index contributed by atoms with van der Waals surface area (Å²) < 4.78 is 39.2. The van der Waals surface area contributed by atoms with Crippen molar-refractivity contribution in [1.29, 1.82) is 0 Å². The zero-order chi connectivity index (χ0) is 22.4. The lowest BCUT2D eigenvalue weighted by Gasteiger charge is -2.32. The summed E-state index contributed by atoms with van der Waals surface area (Å²) in [5.74, 6) is 1.81. The molecule has 0 atom stereocenters. The van der Waals surface area contributed by atoms with E-state index in [4.69, 9.17) is 0 Å². The molecule has 2 N–H and O–H groups in total. The molecule has 0 unspecified atom stereocenters. The highest BCUT2D eigenvalue weighted by atomic mass is 19.4. The van der Waals surface area contributed by atoms with Crippen LogP contribution < -0.4 is 15.5 Å². The van der Waals surface area contributed by atoms with Gasteiger partial charge in [0.05, 0.1) is 5.56 Å². The lowest BCUT2D eigenvalue weighted by Crippen LogP contribution is -2.37. The van der Waals surface area contributed by atoms with Crippen LogP contribution in [-0.4, -0.2) is 41.0 Å². The minimum Gasteiger partial charge on any atom is -0.357 e. The number of piperidine rings is 1. The molecule has 7 nitrogen and oxygen atoms in total. The van der Waals surface area contributed by atoms with Crippen molar-refractivity contribution in [2.24, 2.45) is 5.92 Å². The maximum absolute atomic E-state index is 13.1. The molecule has 1 aromatic heterocycles. The molecule has 1 saturated heterocycles. The van der Waals surface area contributed by atoms with Gasteiger partial charge in [-0.3, -0.25) is 4.79 Å². The molecule has 168 valence electrons. The van der Waals surface area contributed by atoms with Gasteiger partial charge in [0, 0.05) is 39.5 Å². The van der Waals surface area contributed by atoms with E-state index in [-0.39, 0.29) is 23.9 Å². The van der Waals surface area contributed by atoms with E-state index in [0.29, 0.717) is 37.8 Å². The van der Waals surface area contributed by atoms with E-state index in [1.165, 1.54) is 18.2 Å². The topological polar surface area (TPSA) is 83.0 Å². The first kappa shape index (κ1) is 22.8. The van der Waals surface area contributed by atoms with Crippen LogP contribution in [-0.2, 0) is 23.9 Å². The van der Waals surface area contributed by atoms with Crippen molar-refractivity contribution in [3.63, 3.8) is 0 Å². The van der Waals surface area contributed by atoms with E-state index < -0.39 is 11.7 Å². The zero-order valence-corrected chi connectivity index (χ0v) is 17.7. The number of nitrogens with one attached hydrogen (secondary N) is 2. The van der Waals surface area contributed by atoms with Gasteiger partial charge in [0.1, 0.15) is 5.82 Å². The Morgan fingerprint density at radius 3 is 2.52 bits per heavy atom. The number of alkyl halides is 3. The molecule has 0 radical (unpaired) electrons. The summed E-state index contributed by atoms with van der Waals surface area (Å²) in [5.41, 5.74) is -0.645. The standard InChI is InChI=1S/C21H27F3N6O/c1-3-17-27-19(25-2)29-20(28-17)30-10-8-14(9-11-30)12-18(31)26-13-15-6-4-5-7-16(15)21(22,23)24/h4-7,14H,3,8-13H2,1-2H3,(H,26,31)(H,25,27,28,29). The van der Waals surface area contributed by atoms with Crippen LogP contribution in [0.4, 0.5) is 25.1 Å². The van der Waals surface area contributed by atoms with Gasteiger partial charge in [-0.1, -0.05) is 25.1 Å². The van der Waals surface area contributed by atoms with Crippen molar-refractivity contribution in [1.82, 2.24) is 20.3 Å². The first-order valence-electron chi connectivity index (χ1n) is 10.4. The summed E-state index contributed by atoms with van der Waals surface area (Å²) in [6.45, 7) is 3.28. The molecule has 10 heteroatoms. The third-order valence-corrected chi connectivity index (χ3v) is 5.38. The van der Waals surface area contributed by atoms with Crippen molar-refractivity contribution in [3.05, 3.63) is 41.2 Å². The van der Waals surface area contributed by atoms with Crippen LogP contribution in [0.3, 0.4) is 0 Å². The van der Waals surface area contributed by atoms with Crippen LogP contribution in [0.15, 0.2) is 24.3 Å². The van der Waals surface area contributed by atoms with Gasteiger partial charge in [-0.2, -0.15) is 28.1 Å². The predicted octanol–water partition coefficient (Wildman–Crippen LogP) is 3.42. The summed E-state index contributed by atoms with van der Waals surface area (Å²) in [5, 5.41) is 5.58. The van der Waals surface area contributed by atoms with Crippen LogP contribution in [0.1, 0.15) is 43.1 Å². The molecule has 0 aliphatic carbocycles. The SMILES string of the molecule is CCc1nc(NC)nc(N2CCC(CC(=O)NCc3ccccc3C(F)(F)F)CC2)n1. The van der Waals surface area contributed by atoms with Gasteiger partial charge >= 0.3 is 6.18 Å². The molecule has 0 bridgehead atoms. The Labute approximate surface area is 179 Å². The van der Waals surface area contributed by atoms with Crippen LogP contribution in [0.2, 0.25) is 0 Å². The molecule has 1 amide bonds. The highest BCUT2D eigenvalue weighted by Gasteiger charge is 2.33. The number of anilines is 2. The third-order valence-electron chi connectivity index (χ3n) is 5.38. The van der Waals surface area contributed by atoms with Crippen LogP contribution in [0, 0.1) is 5.92 Å². The molecule has 1 aliphatic rings. The Bertz CT molecular complexity index is 875. The summed E-state index contributed by atoms with van der Waals surface area (Å²) in [6, 6.07) is 5.30. The van der Waals surface area contributed by atoms with Crippen LogP contribution in [0.25, 0.3) is 0 Å². The molecule has 0 spiro atoms. The monoisotopic (exact) mass is 436 g/mol. The number of aryl methyl sites for hydroxylation is 1. The van der Waals surface area contributed by atoms with E-state index >= 15 is 0 Å². The average molecular weight is 436 g/mol. The number of amides is 1.